The van der Waals surface area contributed by atoms with Gasteiger partial charge < -0.3 is 4.98 Å². The largest absolute Gasteiger partial charge is 0.359 e. The summed E-state index contributed by atoms with van der Waals surface area (Å²) in [6.07, 6.45) is 3.30. The molecule has 2 rings (SSSR count). The van der Waals surface area contributed by atoms with Crippen molar-refractivity contribution in [3.05, 3.63) is 23.5 Å². The molecule has 2 heterocycles. The van der Waals surface area contributed by atoms with E-state index in [1.807, 2.05) is 6.07 Å². The molecule has 0 saturated carbocycles. The zero-order valence-corrected chi connectivity index (χ0v) is 5.76. The maximum absolute atomic E-state index is 5.76. The smallest absolute Gasteiger partial charge is 0.112 e. The number of nitrogens with zero attached hydrogens (tertiary/aromatic N) is 2. The highest BCUT2D eigenvalue weighted by molar-refractivity contribution is 6.34. The molecule has 3 nitrogen and oxygen atoms in total. The van der Waals surface area contributed by atoms with Crippen molar-refractivity contribution in [3.8, 4) is 0 Å². The van der Waals surface area contributed by atoms with Crippen molar-refractivity contribution in [3.63, 3.8) is 0 Å². The van der Waals surface area contributed by atoms with Gasteiger partial charge in [-0.25, -0.2) is 0 Å². The van der Waals surface area contributed by atoms with Crippen LogP contribution in [0, 0.1) is 0 Å². The monoisotopic (exact) mass is 153 g/mol. The van der Waals surface area contributed by atoms with Crippen LogP contribution >= 0.6 is 11.6 Å². The molecule has 0 aromatic carbocycles. The number of hydrogen-bond donors (Lipinski definition) is 1. The molecule has 0 bridgehead atoms. The van der Waals surface area contributed by atoms with Crippen LogP contribution in [0.1, 0.15) is 0 Å². The minimum atomic E-state index is 0.606. The summed E-state index contributed by atoms with van der Waals surface area (Å²) in [5.41, 5.74) is 1.64. The summed E-state index contributed by atoms with van der Waals surface area (Å²) in [7, 11) is 0. The number of nitrogens with one attached hydrogen (secondary N) is 1. The third-order valence-corrected chi connectivity index (χ3v) is 1.59. The van der Waals surface area contributed by atoms with Gasteiger partial charge in [0.25, 0.3) is 0 Å². The zero-order chi connectivity index (χ0) is 6.97. The highest BCUT2D eigenvalue weighted by Gasteiger charge is 1.98. The summed E-state index contributed by atoms with van der Waals surface area (Å²) in [5.74, 6) is 0. The Hall–Kier alpha value is -1.09. The van der Waals surface area contributed by atoms with Gasteiger partial charge in [-0.2, -0.15) is 5.10 Å². The van der Waals surface area contributed by atoms with E-state index in [2.05, 4.69) is 15.2 Å². The van der Waals surface area contributed by atoms with Crippen molar-refractivity contribution in [2.45, 2.75) is 0 Å². The van der Waals surface area contributed by atoms with E-state index in [1.165, 1.54) is 6.20 Å². The lowest BCUT2D eigenvalue weighted by atomic mass is 10.4. The fourth-order valence-corrected chi connectivity index (χ4v) is 1.04. The number of aromatic amines is 1. The molecule has 0 spiro atoms. The number of halogens is 1. The minimum absolute atomic E-state index is 0.606. The van der Waals surface area contributed by atoms with Gasteiger partial charge in [0.2, 0.25) is 0 Å². The third-order valence-electron chi connectivity index (χ3n) is 1.30. The molecular weight excluding hydrogens is 150 g/mol. The Balaban J connectivity index is 2.95. The molecule has 2 aromatic rings. The standard InChI is InChI=1S/C6H4ClN3/c7-4-3-9-10-5-1-2-8-6(4)5/h1-3,8H. The average Bonchev–Trinajstić information content (AvgIpc) is 2.36. The Labute approximate surface area is 62.0 Å². The summed E-state index contributed by atoms with van der Waals surface area (Å²) in [6, 6.07) is 1.83. The third kappa shape index (κ3) is 0.675. The molecule has 0 aliphatic heterocycles. The fourth-order valence-electron chi connectivity index (χ4n) is 0.842. The van der Waals surface area contributed by atoms with Crippen molar-refractivity contribution in [2.75, 3.05) is 0 Å². The Kier molecular flexibility index (Phi) is 1.11. The number of rotatable bonds is 0. The summed E-state index contributed by atoms with van der Waals surface area (Å²) in [5, 5.41) is 8.13. The van der Waals surface area contributed by atoms with E-state index in [0.717, 1.165) is 11.0 Å². The van der Waals surface area contributed by atoms with Crippen molar-refractivity contribution in [1.82, 2.24) is 15.2 Å². The molecule has 0 unspecified atom stereocenters. The summed E-state index contributed by atoms with van der Waals surface area (Å²) < 4.78 is 0. The first-order valence-corrected chi connectivity index (χ1v) is 3.20. The van der Waals surface area contributed by atoms with Gasteiger partial charge in [-0.15, -0.1) is 5.10 Å². The number of hydrogen-bond acceptors (Lipinski definition) is 2. The number of fused-ring (bicyclic) bond motifs is 1. The van der Waals surface area contributed by atoms with E-state index in [1.54, 1.807) is 6.20 Å². The van der Waals surface area contributed by atoms with E-state index in [4.69, 9.17) is 11.6 Å². The predicted molar refractivity (Wildman–Crippen MR) is 38.9 cm³/mol. The molecule has 0 atom stereocenters. The quantitative estimate of drug-likeness (QED) is 0.625. The van der Waals surface area contributed by atoms with Gasteiger partial charge in [-0.1, -0.05) is 11.6 Å². The Morgan fingerprint density at radius 3 is 3.20 bits per heavy atom. The zero-order valence-electron chi connectivity index (χ0n) is 5.00. The summed E-state index contributed by atoms with van der Waals surface area (Å²) in [4.78, 5) is 2.95. The van der Waals surface area contributed by atoms with Crippen LogP contribution in [0.3, 0.4) is 0 Å². The van der Waals surface area contributed by atoms with Crippen LogP contribution in [0.5, 0.6) is 0 Å². The lowest BCUT2D eigenvalue weighted by molar-refractivity contribution is 1.08. The highest BCUT2D eigenvalue weighted by Crippen LogP contribution is 2.16. The van der Waals surface area contributed by atoms with Crippen molar-refractivity contribution in [1.29, 1.82) is 0 Å². The Morgan fingerprint density at radius 2 is 2.40 bits per heavy atom. The molecule has 10 heavy (non-hydrogen) atoms. The maximum atomic E-state index is 5.76. The van der Waals surface area contributed by atoms with Crippen LogP contribution in [0.25, 0.3) is 11.0 Å². The van der Waals surface area contributed by atoms with Gasteiger partial charge in [-0.3, -0.25) is 0 Å². The van der Waals surface area contributed by atoms with Crippen molar-refractivity contribution in [2.24, 2.45) is 0 Å². The topological polar surface area (TPSA) is 41.6 Å². The van der Waals surface area contributed by atoms with Crippen LogP contribution in [-0.2, 0) is 0 Å². The van der Waals surface area contributed by atoms with Crippen LogP contribution in [0.4, 0.5) is 0 Å². The fraction of sp³-hybridized carbons (Fsp3) is 0. The second kappa shape index (κ2) is 1.95. The van der Waals surface area contributed by atoms with E-state index in [0.29, 0.717) is 5.02 Å². The van der Waals surface area contributed by atoms with E-state index >= 15 is 0 Å². The summed E-state index contributed by atoms with van der Waals surface area (Å²) in [6.45, 7) is 0. The van der Waals surface area contributed by atoms with Crippen LogP contribution in [-0.4, -0.2) is 15.2 Å². The highest BCUT2D eigenvalue weighted by atomic mass is 35.5. The molecule has 2 aromatic heterocycles. The Bertz CT molecular complexity index is 355. The van der Waals surface area contributed by atoms with Crippen LogP contribution in [0.2, 0.25) is 5.02 Å². The van der Waals surface area contributed by atoms with E-state index in [9.17, 15) is 0 Å². The van der Waals surface area contributed by atoms with E-state index < -0.39 is 0 Å². The van der Waals surface area contributed by atoms with Gasteiger partial charge in [0, 0.05) is 6.20 Å². The molecule has 0 fully saturated rings. The second-order valence-electron chi connectivity index (χ2n) is 1.93. The normalized spacial score (nSPS) is 10.5. The molecule has 4 heteroatoms. The van der Waals surface area contributed by atoms with Gasteiger partial charge >= 0.3 is 0 Å². The van der Waals surface area contributed by atoms with Gasteiger partial charge in [0.05, 0.1) is 16.7 Å². The van der Waals surface area contributed by atoms with Crippen molar-refractivity contribution >= 4 is 22.6 Å². The molecule has 0 aliphatic rings. The van der Waals surface area contributed by atoms with Crippen LogP contribution < -0.4 is 0 Å². The van der Waals surface area contributed by atoms with Crippen molar-refractivity contribution < 1.29 is 0 Å². The first-order chi connectivity index (χ1) is 4.88. The minimum Gasteiger partial charge on any atom is -0.359 e. The molecule has 0 amide bonds. The lowest BCUT2D eigenvalue weighted by Crippen LogP contribution is -1.79. The average molecular weight is 154 g/mol. The molecule has 0 saturated heterocycles. The van der Waals surface area contributed by atoms with Crippen LogP contribution in [0.15, 0.2) is 18.5 Å². The molecule has 1 N–H and O–H groups in total. The second-order valence-corrected chi connectivity index (χ2v) is 2.34. The lowest BCUT2D eigenvalue weighted by Gasteiger charge is -1.88. The molecule has 0 radical (unpaired) electrons. The predicted octanol–water partition coefficient (Wildman–Crippen LogP) is 1.61. The summed E-state index contributed by atoms with van der Waals surface area (Å²) >= 11 is 5.76. The molecule has 0 aliphatic carbocycles. The first-order valence-electron chi connectivity index (χ1n) is 2.82. The Morgan fingerprint density at radius 1 is 1.50 bits per heavy atom. The van der Waals surface area contributed by atoms with Gasteiger partial charge in [0.15, 0.2) is 0 Å². The number of H-pyrrole nitrogens is 1. The van der Waals surface area contributed by atoms with E-state index in [-0.39, 0.29) is 0 Å². The molecule has 50 valence electrons. The van der Waals surface area contributed by atoms with Gasteiger partial charge in [0.1, 0.15) is 5.52 Å². The maximum Gasteiger partial charge on any atom is 0.112 e. The van der Waals surface area contributed by atoms with Gasteiger partial charge in [-0.05, 0) is 6.07 Å². The SMILES string of the molecule is Clc1cnnc2cc[nH]c12. The number of aromatic nitrogens is 3. The molecular formula is C6H4ClN3. The first kappa shape index (κ1) is 5.68.